The minimum Gasteiger partial charge on any atom is -0.382 e. The molecule has 0 unspecified atom stereocenters. The Morgan fingerprint density at radius 1 is 1.15 bits per heavy atom. The van der Waals surface area contributed by atoms with Gasteiger partial charge in [-0.05, 0) is 49.4 Å². The van der Waals surface area contributed by atoms with Crippen LogP contribution in [0.4, 0.5) is 5.82 Å². The summed E-state index contributed by atoms with van der Waals surface area (Å²) in [6, 6.07) is 20.5. The van der Waals surface area contributed by atoms with Crippen LogP contribution in [0.1, 0.15) is 35.7 Å². The van der Waals surface area contributed by atoms with Gasteiger partial charge in [-0.2, -0.15) is 10.4 Å². The molecule has 0 radical (unpaired) electrons. The molecule has 0 saturated carbocycles. The largest absolute Gasteiger partial charge is 0.382 e. The van der Waals surface area contributed by atoms with Crippen molar-refractivity contribution < 1.29 is 0 Å². The van der Waals surface area contributed by atoms with Gasteiger partial charge in [-0.1, -0.05) is 42.5 Å². The van der Waals surface area contributed by atoms with E-state index in [1.165, 1.54) is 11.1 Å². The smallest absolute Gasteiger partial charge is 0.194 e. The molecule has 0 saturated heterocycles. The second kappa shape index (κ2) is 11.7. The summed E-state index contributed by atoms with van der Waals surface area (Å²) in [4.78, 5) is 7.16. The van der Waals surface area contributed by atoms with Crippen LogP contribution >= 0.6 is 24.0 Å². The van der Waals surface area contributed by atoms with E-state index in [-0.39, 0.29) is 24.0 Å². The number of benzene rings is 2. The lowest BCUT2D eigenvalue weighted by Crippen LogP contribution is -2.44. The zero-order chi connectivity index (χ0) is 22.3. The number of nitrogen functional groups attached to an aromatic ring is 1. The van der Waals surface area contributed by atoms with Gasteiger partial charge in [-0.15, -0.1) is 24.0 Å². The molecule has 2 heterocycles. The number of nitrogens with one attached hydrogen (secondary N) is 1. The standard InChI is InChI=1S/C25H29N7.HI/c1-2-28-25(31-16-14-19-9-6-7-10-20(19)18-31)29-15-8-13-23-22(17-26)24(27)32(30-23)21-11-4-3-5-12-21;/h3-7,9-12H,2,8,13-16,18,27H2,1H3,(H,28,29);1H. The maximum Gasteiger partial charge on any atom is 0.194 e. The quantitative estimate of drug-likeness (QED) is 0.208. The predicted octanol–water partition coefficient (Wildman–Crippen LogP) is 3.90. The summed E-state index contributed by atoms with van der Waals surface area (Å²) >= 11 is 0. The number of halogens is 1. The van der Waals surface area contributed by atoms with Gasteiger partial charge in [0.1, 0.15) is 17.5 Å². The number of nitriles is 1. The Balaban J connectivity index is 0.00000306. The number of aromatic nitrogens is 2. The van der Waals surface area contributed by atoms with Crippen molar-refractivity contribution in [1.29, 1.82) is 5.26 Å². The fraction of sp³-hybridized carbons (Fsp3) is 0.320. The summed E-state index contributed by atoms with van der Waals surface area (Å²) < 4.78 is 1.65. The summed E-state index contributed by atoms with van der Waals surface area (Å²) in [5.41, 5.74) is 11.0. The van der Waals surface area contributed by atoms with Gasteiger partial charge in [0, 0.05) is 26.2 Å². The van der Waals surface area contributed by atoms with Crippen LogP contribution in [0.3, 0.4) is 0 Å². The molecule has 172 valence electrons. The number of fused-ring (bicyclic) bond motifs is 1. The topological polar surface area (TPSA) is 95.3 Å². The number of guanidine groups is 1. The molecule has 4 rings (SSSR count). The van der Waals surface area contributed by atoms with Crippen LogP contribution < -0.4 is 11.1 Å². The summed E-state index contributed by atoms with van der Waals surface area (Å²) in [7, 11) is 0. The van der Waals surface area contributed by atoms with E-state index in [1.807, 2.05) is 30.3 Å². The Morgan fingerprint density at radius 2 is 1.88 bits per heavy atom. The van der Waals surface area contributed by atoms with Crippen LogP contribution in [0.5, 0.6) is 0 Å². The molecule has 0 spiro atoms. The molecule has 0 fully saturated rings. The SMILES string of the molecule is CCNC(=NCCCc1nn(-c2ccccc2)c(N)c1C#N)N1CCc2ccccc2C1.I. The van der Waals surface area contributed by atoms with Gasteiger partial charge in [0.2, 0.25) is 0 Å². The molecular formula is C25H30IN7. The van der Waals surface area contributed by atoms with Crippen LogP contribution in [0.15, 0.2) is 59.6 Å². The summed E-state index contributed by atoms with van der Waals surface area (Å²) in [6.45, 7) is 5.40. The second-order valence-electron chi connectivity index (χ2n) is 7.85. The van der Waals surface area contributed by atoms with E-state index in [4.69, 9.17) is 10.7 Å². The third kappa shape index (κ3) is 5.66. The van der Waals surface area contributed by atoms with Crippen molar-refractivity contribution in [2.24, 2.45) is 4.99 Å². The molecule has 3 aromatic rings. The van der Waals surface area contributed by atoms with E-state index in [0.29, 0.717) is 24.3 Å². The van der Waals surface area contributed by atoms with Crippen LogP contribution in [-0.4, -0.2) is 40.3 Å². The molecule has 8 heteroatoms. The first-order valence-corrected chi connectivity index (χ1v) is 11.1. The highest BCUT2D eigenvalue weighted by Crippen LogP contribution is 2.22. The molecule has 0 amide bonds. The molecule has 3 N–H and O–H groups in total. The van der Waals surface area contributed by atoms with Crippen LogP contribution in [0.2, 0.25) is 0 Å². The van der Waals surface area contributed by atoms with Gasteiger partial charge < -0.3 is 16.0 Å². The summed E-state index contributed by atoms with van der Waals surface area (Å²) in [5, 5.41) is 17.6. The van der Waals surface area contributed by atoms with Crippen molar-refractivity contribution in [2.75, 3.05) is 25.4 Å². The van der Waals surface area contributed by atoms with E-state index < -0.39 is 0 Å². The van der Waals surface area contributed by atoms with Crippen molar-refractivity contribution in [1.82, 2.24) is 20.0 Å². The molecular weight excluding hydrogens is 525 g/mol. The van der Waals surface area contributed by atoms with Crippen molar-refractivity contribution in [2.45, 2.75) is 32.7 Å². The Hall–Kier alpha value is -3.06. The molecule has 1 aliphatic rings. The Bertz CT molecular complexity index is 1130. The molecule has 33 heavy (non-hydrogen) atoms. The zero-order valence-corrected chi connectivity index (χ0v) is 21.2. The molecule has 0 aliphatic carbocycles. The van der Waals surface area contributed by atoms with Crippen molar-refractivity contribution >= 4 is 35.8 Å². The van der Waals surface area contributed by atoms with E-state index in [1.54, 1.807) is 4.68 Å². The van der Waals surface area contributed by atoms with E-state index in [0.717, 1.165) is 49.8 Å². The lowest BCUT2D eigenvalue weighted by Gasteiger charge is -2.31. The first-order chi connectivity index (χ1) is 15.7. The Morgan fingerprint density at radius 3 is 2.61 bits per heavy atom. The molecule has 1 aromatic heterocycles. The Labute approximate surface area is 212 Å². The first kappa shape index (κ1) is 24.6. The average Bonchev–Trinajstić information content (AvgIpc) is 3.16. The molecule has 0 bridgehead atoms. The first-order valence-electron chi connectivity index (χ1n) is 11.1. The molecule has 7 nitrogen and oxygen atoms in total. The Kier molecular flexibility index (Phi) is 8.72. The number of aliphatic imine (C=N–C) groups is 1. The summed E-state index contributed by atoms with van der Waals surface area (Å²) in [6.07, 6.45) is 2.47. The third-order valence-corrected chi connectivity index (χ3v) is 5.70. The lowest BCUT2D eigenvalue weighted by molar-refractivity contribution is 0.378. The van der Waals surface area contributed by atoms with E-state index >= 15 is 0 Å². The highest BCUT2D eigenvalue weighted by molar-refractivity contribution is 14.0. The predicted molar refractivity (Wildman–Crippen MR) is 143 cm³/mol. The number of hydrogen-bond donors (Lipinski definition) is 2. The number of nitrogens with zero attached hydrogens (tertiary/aromatic N) is 5. The minimum absolute atomic E-state index is 0. The molecule has 0 atom stereocenters. The van der Waals surface area contributed by atoms with E-state index in [9.17, 15) is 5.26 Å². The molecule has 2 aromatic carbocycles. The van der Waals surface area contributed by atoms with Gasteiger partial charge >= 0.3 is 0 Å². The van der Waals surface area contributed by atoms with Gasteiger partial charge in [0.15, 0.2) is 5.96 Å². The number of rotatable bonds is 6. The highest BCUT2D eigenvalue weighted by Gasteiger charge is 2.19. The van der Waals surface area contributed by atoms with E-state index in [2.05, 4.69) is 52.6 Å². The number of nitrogens with two attached hydrogens (primary N) is 1. The lowest BCUT2D eigenvalue weighted by atomic mass is 10.0. The van der Waals surface area contributed by atoms with Crippen LogP contribution in [-0.2, 0) is 19.4 Å². The minimum atomic E-state index is 0. The van der Waals surface area contributed by atoms with Crippen LogP contribution in [0, 0.1) is 11.3 Å². The third-order valence-electron chi connectivity index (χ3n) is 5.70. The number of aryl methyl sites for hydroxylation is 1. The van der Waals surface area contributed by atoms with Crippen LogP contribution in [0.25, 0.3) is 5.69 Å². The van der Waals surface area contributed by atoms with Gasteiger partial charge in [-0.25, -0.2) is 4.68 Å². The monoisotopic (exact) mass is 555 g/mol. The van der Waals surface area contributed by atoms with Crippen molar-refractivity contribution in [3.05, 3.63) is 77.0 Å². The highest BCUT2D eigenvalue weighted by atomic mass is 127. The maximum atomic E-state index is 9.60. The number of hydrogen-bond acceptors (Lipinski definition) is 4. The fourth-order valence-corrected chi connectivity index (χ4v) is 4.07. The zero-order valence-electron chi connectivity index (χ0n) is 18.9. The number of anilines is 1. The normalized spacial score (nSPS) is 13.1. The number of para-hydroxylation sites is 1. The van der Waals surface area contributed by atoms with Gasteiger partial charge in [0.25, 0.3) is 0 Å². The second-order valence-corrected chi connectivity index (χ2v) is 7.85. The van der Waals surface area contributed by atoms with Crippen molar-refractivity contribution in [3.63, 3.8) is 0 Å². The van der Waals surface area contributed by atoms with Gasteiger partial charge in [0.05, 0.1) is 11.4 Å². The van der Waals surface area contributed by atoms with Crippen molar-refractivity contribution in [3.8, 4) is 11.8 Å². The molecule has 1 aliphatic heterocycles. The average molecular weight is 555 g/mol. The fourth-order valence-electron chi connectivity index (χ4n) is 4.07. The van der Waals surface area contributed by atoms with Gasteiger partial charge in [-0.3, -0.25) is 4.99 Å². The maximum absolute atomic E-state index is 9.60. The summed E-state index contributed by atoms with van der Waals surface area (Å²) in [5.74, 6) is 1.33.